The highest BCUT2D eigenvalue weighted by molar-refractivity contribution is 6.27. The van der Waals surface area contributed by atoms with Gasteiger partial charge in [-0.05, 0) is 24.0 Å². The average Bonchev–Trinajstić information content (AvgIpc) is 2.46. The van der Waals surface area contributed by atoms with Gasteiger partial charge in [0.05, 0.1) is 0 Å². The van der Waals surface area contributed by atoms with Crippen LogP contribution < -0.4 is 0 Å². The van der Waals surface area contributed by atoms with Crippen molar-refractivity contribution in [2.75, 3.05) is 0 Å². The molecule has 1 aromatic carbocycles. The van der Waals surface area contributed by atoms with Gasteiger partial charge in [-0.15, -0.1) is 0 Å². The number of carbonyl (C=O) groups excluding carboxylic acids is 4. The summed E-state index contributed by atoms with van der Waals surface area (Å²) in [6.07, 6.45) is 1.67. The van der Waals surface area contributed by atoms with E-state index in [9.17, 15) is 19.2 Å². The van der Waals surface area contributed by atoms with E-state index in [0.29, 0.717) is 25.4 Å². The minimum atomic E-state index is -0.726. The summed E-state index contributed by atoms with van der Waals surface area (Å²) in [4.78, 5) is 44.4. The monoisotopic (exact) mass is 302 g/mol. The van der Waals surface area contributed by atoms with E-state index >= 15 is 0 Å². The van der Waals surface area contributed by atoms with Gasteiger partial charge >= 0.3 is 0 Å². The zero-order valence-electron chi connectivity index (χ0n) is 13.5. The van der Waals surface area contributed by atoms with E-state index in [0.717, 1.165) is 11.1 Å². The van der Waals surface area contributed by atoms with Crippen molar-refractivity contribution >= 4 is 24.1 Å². The molecule has 0 heterocycles. The fourth-order valence-electron chi connectivity index (χ4n) is 2.29. The summed E-state index contributed by atoms with van der Waals surface area (Å²) in [6, 6.07) is 7.54. The van der Waals surface area contributed by atoms with Gasteiger partial charge in [0, 0.05) is 10.8 Å². The molecule has 0 fully saturated rings. The molecule has 118 valence electrons. The third kappa shape index (κ3) is 4.45. The van der Waals surface area contributed by atoms with E-state index in [2.05, 4.69) is 0 Å². The van der Waals surface area contributed by atoms with Crippen LogP contribution in [0.15, 0.2) is 24.3 Å². The summed E-state index contributed by atoms with van der Waals surface area (Å²) in [7, 11) is 0. The Balaban J connectivity index is 2.84. The molecule has 0 bridgehead atoms. The Labute approximate surface area is 130 Å². The van der Waals surface area contributed by atoms with Crippen LogP contribution in [0.2, 0.25) is 0 Å². The molecular formula is C18H22O4. The number of hydrogen-bond acceptors (Lipinski definition) is 4. The van der Waals surface area contributed by atoms with Crippen molar-refractivity contribution < 1.29 is 19.2 Å². The van der Waals surface area contributed by atoms with Crippen LogP contribution in [0.5, 0.6) is 0 Å². The Morgan fingerprint density at radius 2 is 1.05 bits per heavy atom. The molecule has 1 aromatic rings. The second-order valence-electron chi connectivity index (χ2n) is 6.90. The Kier molecular flexibility index (Phi) is 5.53. The predicted molar refractivity (Wildman–Crippen MR) is 83.6 cm³/mol. The third-order valence-corrected chi connectivity index (χ3v) is 3.86. The lowest BCUT2D eigenvalue weighted by molar-refractivity contribution is -0.135. The highest BCUT2D eigenvalue weighted by Gasteiger charge is 2.28. The van der Waals surface area contributed by atoms with E-state index in [1.165, 1.54) is 0 Å². The van der Waals surface area contributed by atoms with Crippen LogP contribution in [0.1, 0.15) is 38.8 Å². The summed E-state index contributed by atoms with van der Waals surface area (Å²) >= 11 is 0. The van der Waals surface area contributed by atoms with Crippen LogP contribution in [0.3, 0.4) is 0 Å². The van der Waals surface area contributed by atoms with E-state index in [1.807, 2.05) is 24.3 Å². The lowest BCUT2D eigenvalue weighted by Crippen LogP contribution is -2.28. The first-order valence-electron chi connectivity index (χ1n) is 7.19. The Hall–Kier alpha value is -2.10. The lowest BCUT2D eigenvalue weighted by atomic mass is 9.80. The number of aldehydes is 2. The van der Waals surface area contributed by atoms with Crippen LogP contribution in [0, 0.1) is 10.8 Å². The Morgan fingerprint density at radius 3 is 1.27 bits per heavy atom. The van der Waals surface area contributed by atoms with Crippen LogP contribution in [-0.2, 0) is 32.0 Å². The summed E-state index contributed by atoms with van der Waals surface area (Å²) in [5.41, 5.74) is 0.443. The van der Waals surface area contributed by atoms with Gasteiger partial charge in [0.25, 0.3) is 0 Å². The summed E-state index contributed by atoms with van der Waals surface area (Å²) in [6.45, 7) is 6.96. The van der Waals surface area contributed by atoms with Crippen molar-refractivity contribution in [3.05, 3.63) is 35.4 Å². The molecule has 0 saturated heterocycles. The van der Waals surface area contributed by atoms with Gasteiger partial charge in [-0.1, -0.05) is 52.0 Å². The molecule has 0 unspecified atom stereocenters. The first-order chi connectivity index (χ1) is 10.1. The number of rotatable bonds is 8. The van der Waals surface area contributed by atoms with Crippen molar-refractivity contribution in [3.63, 3.8) is 0 Å². The number of ketones is 2. The molecule has 0 radical (unpaired) electrons. The van der Waals surface area contributed by atoms with Crippen molar-refractivity contribution in [2.45, 2.75) is 40.5 Å². The first kappa shape index (κ1) is 18.0. The van der Waals surface area contributed by atoms with Gasteiger partial charge in [-0.25, -0.2) is 0 Å². The number of carbonyl (C=O) groups is 4. The second-order valence-corrected chi connectivity index (χ2v) is 6.90. The topological polar surface area (TPSA) is 68.3 Å². The van der Waals surface area contributed by atoms with E-state index in [-0.39, 0.29) is 0 Å². The van der Waals surface area contributed by atoms with E-state index in [1.54, 1.807) is 27.7 Å². The molecule has 0 atom stereocenters. The number of benzene rings is 1. The van der Waals surface area contributed by atoms with Crippen molar-refractivity contribution in [3.8, 4) is 0 Å². The SMILES string of the molecule is CC(C)(Cc1ccc(CC(C)(C)C(=O)C=O)cc1)C(=O)C=O. The number of hydrogen-bond donors (Lipinski definition) is 0. The molecular weight excluding hydrogens is 280 g/mol. The summed E-state index contributed by atoms with van der Waals surface area (Å²) < 4.78 is 0. The maximum atomic E-state index is 11.6. The zero-order valence-corrected chi connectivity index (χ0v) is 13.5. The quantitative estimate of drug-likeness (QED) is 0.546. The van der Waals surface area contributed by atoms with Gasteiger partial charge in [0.2, 0.25) is 11.6 Å². The largest absolute Gasteiger partial charge is 0.295 e. The smallest absolute Gasteiger partial charge is 0.201 e. The Bertz CT molecular complexity index is 527. The molecule has 0 aliphatic rings. The average molecular weight is 302 g/mol. The lowest BCUT2D eigenvalue weighted by Gasteiger charge is -2.22. The zero-order chi connectivity index (χ0) is 17.0. The molecule has 4 heteroatoms. The van der Waals surface area contributed by atoms with E-state index < -0.39 is 22.4 Å². The summed E-state index contributed by atoms with van der Waals surface area (Å²) in [5.74, 6) is -0.844. The molecule has 0 amide bonds. The highest BCUT2D eigenvalue weighted by atomic mass is 16.2. The second kappa shape index (κ2) is 6.77. The van der Waals surface area contributed by atoms with Gasteiger partial charge in [0.15, 0.2) is 12.6 Å². The first-order valence-corrected chi connectivity index (χ1v) is 7.19. The fourth-order valence-corrected chi connectivity index (χ4v) is 2.29. The van der Waals surface area contributed by atoms with Crippen molar-refractivity contribution in [2.24, 2.45) is 10.8 Å². The van der Waals surface area contributed by atoms with Crippen molar-refractivity contribution in [1.82, 2.24) is 0 Å². The Morgan fingerprint density at radius 1 is 0.773 bits per heavy atom. The highest BCUT2D eigenvalue weighted by Crippen LogP contribution is 2.25. The molecule has 22 heavy (non-hydrogen) atoms. The minimum Gasteiger partial charge on any atom is -0.295 e. The molecule has 0 aliphatic heterocycles. The predicted octanol–water partition coefficient (Wildman–Crippen LogP) is 2.36. The van der Waals surface area contributed by atoms with Crippen LogP contribution in [-0.4, -0.2) is 24.1 Å². The maximum absolute atomic E-state index is 11.6. The standard InChI is InChI=1S/C18H22O4/c1-17(2,15(21)11-19)9-13-5-7-14(8-6-13)10-18(3,4)16(22)12-20/h5-8,11-12H,9-10H2,1-4H3. The maximum Gasteiger partial charge on any atom is 0.201 e. The van der Waals surface area contributed by atoms with Crippen molar-refractivity contribution in [1.29, 1.82) is 0 Å². The van der Waals surface area contributed by atoms with E-state index in [4.69, 9.17) is 0 Å². The molecule has 0 N–H and O–H groups in total. The van der Waals surface area contributed by atoms with Crippen LogP contribution in [0.25, 0.3) is 0 Å². The van der Waals surface area contributed by atoms with Gasteiger partial charge < -0.3 is 0 Å². The fraction of sp³-hybridized carbons (Fsp3) is 0.444. The normalized spacial score (nSPS) is 11.8. The third-order valence-electron chi connectivity index (χ3n) is 3.86. The number of Topliss-reactive ketones (excluding diaryl/α,β-unsaturated/α-hetero) is 2. The molecule has 0 saturated carbocycles. The molecule has 0 spiro atoms. The van der Waals surface area contributed by atoms with Crippen LogP contribution >= 0.6 is 0 Å². The molecule has 1 rings (SSSR count). The summed E-state index contributed by atoms with van der Waals surface area (Å²) in [5, 5.41) is 0. The molecule has 4 nitrogen and oxygen atoms in total. The van der Waals surface area contributed by atoms with Gasteiger partial charge in [-0.2, -0.15) is 0 Å². The minimum absolute atomic E-state index is 0.363. The van der Waals surface area contributed by atoms with Gasteiger partial charge in [-0.3, -0.25) is 19.2 Å². The molecule has 0 aromatic heterocycles. The van der Waals surface area contributed by atoms with Gasteiger partial charge in [0.1, 0.15) is 0 Å². The molecule has 0 aliphatic carbocycles. The van der Waals surface area contributed by atoms with Crippen LogP contribution in [0.4, 0.5) is 0 Å².